The Bertz CT molecular complexity index is 1250. The zero-order valence-corrected chi connectivity index (χ0v) is 15.9. The molecule has 1 unspecified atom stereocenters. The lowest BCUT2D eigenvalue weighted by molar-refractivity contribution is 0.659. The van der Waals surface area contributed by atoms with Gasteiger partial charge in [0.25, 0.3) is 5.56 Å². The van der Waals surface area contributed by atoms with Crippen LogP contribution >= 0.6 is 0 Å². The number of hydrogen-bond acceptors (Lipinski definition) is 3. The molecule has 0 radical (unpaired) electrons. The van der Waals surface area contributed by atoms with Gasteiger partial charge < -0.3 is 5.32 Å². The summed E-state index contributed by atoms with van der Waals surface area (Å²) < 4.78 is 2.76. The van der Waals surface area contributed by atoms with Crippen molar-refractivity contribution in [3.63, 3.8) is 0 Å². The first-order valence-corrected chi connectivity index (χ1v) is 9.51. The highest BCUT2D eigenvalue weighted by Gasteiger charge is 2.36. The lowest BCUT2D eigenvalue weighted by atomic mass is 9.75. The van der Waals surface area contributed by atoms with Crippen molar-refractivity contribution in [1.82, 2.24) is 9.13 Å². The molecular weight excluding hydrogens is 350 g/mol. The first-order valence-electron chi connectivity index (χ1n) is 9.51. The van der Waals surface area contributed by atoms with E-state index in [2.05, 4.69) is 35.6 Å². The SMILES string of the molecule is Cn1c2c(c(=O)n(C)c1=O)C(c1ccccc1)C1=C(N2)c2ccccc2CC1. The second-order valence-corrected chi connectivity index (χ2v) is 7.49. The Balaban J connectivity index is 1.87. The normalized spacial score (nSPS) is 17.4. The molecule has 2 aliphatic rings. The van der Waals surface area contributed by atoms with E-state index < -0.39 is 0 Å². The molecule has 2 heterocycles. The lowest BCUT2D eigenvalue weighted by Gasteiger charge is -2.36. The fourth-order valence-corrected chi connectivity index (χ4v) is 4.57. The maximum Gasteiger partial charge on any atom is 0.332 e. The summed E-state index contributed by atoms with van der Waals surface area (Å²) in [6.07, 6.45) is 1.83. The van der Waals surface area contributed by atoms with Gasteiger partial charge >= 0.3 is 5.69 Å². The highest BCUT2D eigenvalue weighted by Crippen LogP contribution is 2.46. The number of nitrogens with zero attached hydrogens (tertiary/aromatic N) is 2. The van der Waals surface area contributed by atoms with Crippen LogP contribution in [0.4, 0.5) is 5.82 Å². The summed E-state index contributed by atoms with van der Waals surface area (Å²) in [5.74, 6) is 0.434. The Morgan fingerprint density at radius 3 is 2.39 bits per heavy atom. The van der Waals surface area contributed by atoms with E-state index >= 15 is 0 Å². The van der Waals surface area contributed by atoms with Crippen LogP contribution in [-0.2, 0) is 20.5 Å². The summed E-state index contributed by atoms with van der Waals surface area (Å²) >= 11 is 0. The smallest absolute Gasteiger partial charge is 0.332 e. The third kappa shape index (κ3) is 2.26. The topological polar surface area (TPSA) is 56.0 Å². The zero-order valence-electron chi connectivity index (χ0n) is 15.9. The number of aryl methyl sites for hydroxylation is 1. The average Bonchev–Trinajstić information content (AvgIpc) is 2.75. The van der Waals surface area contributed by atoms with Gasteiger partial charge in [-0.15, -0.1) is 0 Å². The molecule has 1 N–H and O–H groups in total. The minimum absolute atomic E-state index is 0.161. The van der Waals surface area contributed by atoms with Crippen LogP contribution in [0.15, 0.2) is 69.8 Å². The molecule has 2 aromatic carbocycles. The van der Waals surface area contributed by atoms with Crippen molar-refractivity contribution in [1.29, 1.82) is 0 Å². The molecular formula is C23H21N3O2. The number of fused-ring (bicyclic) bond motifs is 3. The molecule has 1 aliphatic heterocycles. The van der Waals surface area contributed by atoms with E-state index in [1.807, 2.05) is 24.3 Å². The van der Waals surface area contributed by atoms with Gasteiger partial charge in [0.05, 0.1) is 5.56 Å². The van der Waals surface area contributed by atoms with Crippen LogP contribution < -0.4 is 16.6 Å². The highest BCUT2D eigenvalue weighted by atomic mass is 16.2. The van der Waals surface area contributed by atoms with Crippen molar-refractivity contribution in [2.75, 3.05) is 5.32 Å². The van der Waals surface area contributed by atoms with Crippen LogP contribution in [-0.4, -0.2) is 9.13 Å². The Kier molecular flexibility index (Phi) is 3.66. The standard InChI is InChI=1S/C23H21N3O2/c1-25-21-19(22(27)26(2)23(25)28)18(15-9-4-3-5-10-15)17-13-12-14-8-6-7-11-16(14)20(17)24-21/h3-11,18,24H,12-13H2,1-2H3. The van der Waals surface area contributed by atoms with Gasteiger partial charge in [-0.05, 0) is 29.5 Å². The summed E-state index contributed by atoms with van der Waals surface area (Å²) in [6.45, 7) is 0. The van der Waals surface area contributed by atoms with Crippen molar-refractivity contribution < 1.29 is 0 Å². The van der Waals surface area contributed by atoms with Crippen LogP contribution in [0.2, 0.25) is 0 Å². The fraction of sp³-hybridized carbons (Fsp3) is 0.217. The molecule has 0 fully saturated rings. The van der Waals surface area contributed by atoms with Gasteiger partial charge in [-0.2, -0.15) is 0 Å². The molecule has 1 aliphatic carbocycles. The predicted molar refractivity (Wildman–Crippen MR) is 111 cm³/mol. The van der Waals surface area contributed by atoms with Crippen LogP contribution in [0.25, 0.3) is 5.70 Å². The molecule has 0 saturated heterocycles. The van der Waals surface area contributed by atoms with Gasteiger partial charge in [0.1, 0.15) is 5.82 Å². The van der Waals surface area contributed by atoms with Gasteiger partial charge in [0.15, 0.2) is 0 Å². The number of anilines is 1. The van der Waals surface area contributed by atoms with E-state index in [-0.39, 0.29) is 17.2 Å². The van der Waals surface area contributed by atoms with E-state index in [1.165, 1.54) is 15.7 Å². The summed E-state index contributed by atoms with van der Waals surface area (Å²) in [7, 11) is 3.27. The first kappa shape index (κ1) is 16.8. The number of aromatic nitrogens is 2. The van der Waals surface area contributed by atoms with E-state index in [9.17, 15) is 9.59 Å². The molecule has 1 atom stereocenters. The van der Waals surface area contributed by atoms with Crippen molar-refractivity contribution in [2.45, 2.75) is 18.8 Å². The molecule has 3 aromatic rings. The molecule has 28 heavy (non-hydrogen) atoms. The molecule has 0 bridgehead atoms. The molecule has 0 spiro atoms. The fourth-order valence-electron chi connectivity index (χ4n) is 4.57. The minimum atomic E-state index is -0.323. The van der Waals surface area contributed by atoms with E-state index in [0.29, 0.717) is 11.4 Å². The molecule has 1 aromatic heterocycles. The summed E-state index contributed by atoms with van der Waals surface area (Å²) in [6, 6.07) is 18.5. The third-order valence-corrected chi connectivity index (χ3v) is 5.98. The highest BCUT2D eigenvalue weighted by molar-refractivity contribution is 5.86. The van der Waals surface area contributed by atoms with Gasteiger partial charge in [0.2, 0.25) is 0 Å². The van der Waals surface area contributed by atoms with Gasteiger partial charge in [-0.1, -0.05) is 54.6 Å². The number of nitrogens with one attached hydrogen (secondary N) is 1. The van der Waals surface area contributed by atoms with Crippen LogP contribution in [0, 0.1) is 0 Å². The average molecular weight is 371 g/mol. The lowest BCUT2D eigenvalue weighted by Crippen LogP contribution is -2.43. The first-order chi connectivity index (χ1) is 13.6. The Morgan fingerprint density at radius 2 is 1.61 bits per heavy atom. The Labute approximate surface area is 162 Å². The van der Waals surface area contributed by atoms with E-state index in [1.54, 1.807) is 18.7 Å². The third-order valence-electron chi connectivity index (χ3n) is 5.98. The van der Waals surface area contributed by atoms with Crippen molar-refractivity contribution >= 4 is 11.5 Å². The Morgan fingerprint density at radius 1 is 0.893 bits per heavy atom. The summed E-state index contributed by atoms with van der Waals surface area (Å²) in [5, 5.41) is 3.46. The quantitative estimate of drug-likeness (QED) is 0.715. The summed E-state index contributed by atoms with van der Waals surface area (Å²) in [5.41, 5.74) is 5.86. The molecule has 0 saturated carbocycles. The number of hydrogen-bond donors (Lipinski definition) is 1. The largest absolute Gasteiger partial charge is 0.341 e. The predicted octanol–water partition coefficient (Wildman–Crippen LogP) is 3.00. The maximum absolute atomic E-state index is 13.2. The summed E-state index contributed by atoms with van der Waals surface area (Å²) in [4.78, 5) is 25.8. The van der Waals surface area contributed by atoms with Gasteiger partial charge in [-0.25, -0.2) is 4.79 Å². The monoisotopic (exact) mass is 371 g/mol. The van der Waals surface area contributed by atoms with Crippen LogP contribution in [0.3, 0.4) is 0 Å². The molecule has 5 nitrogen and oxygen atoms in total. The molecule has 140 valence electrons. The van der Waals surface area contributed by atoms with E-state index in [4.69, 9.17) is 0 Å². The van der Waals surface area contributed by atoms with E-state index in [0.717, 1.165) is 29.7 Å². The number of benzene rings is 2. The zero-order chi connectivity index (χ0) is 19.4. The molecule has 5 heteroatoms. The van der Waals surface area contributed by atoms with Crippen LogP contribution in [0.1, 0.15) is 34.6 Å². The second kappa shape index (κ2) is 6.09. The minimum Gasteiger partial charge on any atom is -0.341 e. The number of rotatable bonds is 1. The van der Waals surface area contributed by atoms with Crippen LogP contribution in [0.5, 0.6) is 0 Å². The Hall–Kier alpha value is -3.34. The maximum atomic E-state index is 13.2. The molecule has 5 rings (SSSR count). The second-order valence-electron chi connectivity index (χ2n) is 7.49. The van der Waals surface area contributed by atoms with Crippen molar-refractivity contribution in [3.05, 3.63) is 103 Å². The van der Waals surface area contributed by atoms with Gasteiger partial charge in [0, 0.05) is 31.3 Å². The van der Waals surface area contributed by atoms with Crippen molar-refractivity contribution in [2.24, 2.45) is 14.1 Å². The number of allylic oxidation sites excluding steroid dienone is 1. The van der Waals surface area contributed by atoms with Gasteiger partial charge in [-0.3, -0.25) is 13.9 Å². The van der Waals surface area contributed by atoms with Crippen molar-refractivity contribution in [3.8, 4) is 0 Å². The molecule has 0 amide bonds.